The SMILES string of the molecule is O=C(O)c1cc(-c2c[nH]c(=O)c(C(=O)O)c2)cs1. The van der Waals surface area contributed by atoms with Crippen LogP contribution in [0, 0.1) is 0 Å². The summed E-state index contributed by atoms with van der Waals surface area (Å²) in [6.45, 7) is 0. The molecule has 0 aromatic carbocycles. The highest BCUT2D eigenvalue weighted by molar-refractivity contribution is 7.12. The van der Waals surface area contributed by atoms with Gasteiger partial charge in [0.15, 0.2) is 0 Å². The number of aromatic nitrogens is 1. The number of aromatic amines is 1. The van der Waals surface area contributed by atoms with Crippen LogP contribution in [0.25, 0.3) is 11.1 Å². The van der Waals surface area contributed by atoms with E-state index in [0.717, 1.165) is 11.3 Å². The van der Waals surface area contributed by atoms with E-state index in [2.05, 4.69) is 4.98 Å². The molecule has 6 nitrogen and oxygen atoms in total. The van der Waals surface area contributed by atoms with Gasteiger partial charge in [-0.05, 0) is 28.6 Å². The number of carbonyl (C=O) groups is 2. The van der Waals surface area contributed by atoms with Gasteiger partial charge in [-0.15, -0.1) is 11.3 Å². The van der Waals surface area contributed by atoms with E-state index in [4.69, 9.17) is 10.2 Å². The lowest BCUT2D eigenvalue weighted by atomic mass is 10.1. The molecule has 18 heavy (non-hydrogen) atoms. The van der Waals surface area contributed by atoms with Crippen LogP contribution in [0.15, 0.2) is 28.5 Å². The number of hydrogen-bond donors (Lipinski definition) is 3. The van der Waals surface area contributed by atoms with Crippen molar-refractivity contribution in [1.29, 1.82) is 0 Å². The number of carboxylic acids is 2. The zero-order chi connectivity index (χ0) is 13.3. The Morgan fingerprint density at radius 2 is 1.83 bits per heavy atom. The maximum atomic E-state index is 11.2. The van der Waals surface area contributed by atoms with Crippen molar-refractivity contribution in [2.75, 3.05) is 0 Å². The first-order valence-corrected chi connectivity index (χ1v) is 5.65. The van der Waals surface area contributed by atoms with Crippen molar-refractivity contribution in [2.24, 2.45) is 0 Å². The van der Waals surface area contributed by atoms with Gasteiger partial charge >= 0.3 is 11.9 Å². The number of aromatic carboxylic acids is 2. The summed E-state index contributed by atoms with van der Waals surface area (Å²) in [7, 11) is 0. The first kappa shape index (κ1) is 12.1. The first-order chi connectivity index (χ1) is 8.49. The standard InChI is InChI=1S/C11H7NO5S/c13-9-7(10(14)15)1-5(3-12-9)6-2-8(11(16)17)18-4-6/h1-4H,(H,12,13)(H,14,15)(H,16,17). The van der Waals surface area contributed by atoms with Crippen molar-refractivity contribution in [3.8, 4) is 11.1 Å². The van der Waals surface area contributed by atoms with E-state index in [9.17, 15) is 14.4 Å². The summed E-state index contributed by atoms with van der Waals surface area (Å²) in [6, 6.07) is 2.64. The Morgan fingerprint density at radius 3 is 2.39 bits per heavy atom. The predicted molar refractivity (Wildman–Crippen MR) is 64.3 cm³/mol. The summed E-state index contributed by atoms with van der Waals surface area (Å²) in [6.07, 6.45) is 1.35. The molecule has 3 N–H and O–H groups in total. The molecule has 2 aromatic heterocycles. The summed E-state index contributed by atoms with van der Waals surface area (Å²) >= 11 is 1.03. The molecule has 2 heterocycles. The zero-order valence-corrected chi connectivity index (χ0v) is 9.65. The van der Waals surface area contributed by atoms with Crippen molar-refractivity contribution in [2.45, 2.75) is 0 Å². The molecule has 0 aliphatic rings. The molecule has 0 amide bonds. The number of carboxylic acid groups (broad SMARTS) is 2. The van der Waals surface area contributed by atoms with Crippen molar-refractivity contribution >= 4 is 23.3 Å². The molecule has 2 aromatic rings. The van der Waals surface area contributed by atoms with Gasteiger partial charge in [0.1, 0.15) is 10.4 Å². The highest BCUT2D eigenvalue weighted by Crippen LogP contribution is 2.25. The molecule has 0 atom stereocenters. The molecule has 92 valence electrons. The Bertz CT molecular complexity index is 685. The van der Waals surface area contributed by atoms with Gasteiger partial charge in [-0.2, -0.15) is 0 Å². The van der Waals surface area contributed by atoms with Gasteiger partial charge in [-0.3, -0.25) is 4.79 Å². The van der Waals surface area contributed by atoms with E-state index in [1.165, 1.54) is 18.3 Å². The normalized spacial score (nSPS) is 10.2. The maximum Gasteiger partial charge on any atom is 0.345 e. The first-order valence-electron chi connectivity index (χ1n) is 4.77. The molecule has 0 saturated heterocycles. The monoisotopic (exact) mass is 265 g/mol. The molecule has 0 spiro atoms. The van der Waals surface area contributed by atoms with Gasteiger partial charge < -0.3 is 15.2 Å². The van der Waals surface area contributed by atoms with Gasteiger partial charge in [0, 0.05) is 6.20 Å². The van der Waals surface area contributed by atoms with Crippen LogP contribution in [-0.2, 0) is 0 Å². The Hall–Kier alpha value is -2.41. The highest BCUT2D eigenvalue weighted by atomic mass is 32.1. The number of hydrogen-bond acceptors (Lipinski definition) is 4. The second kappa shape index (κ2) is 4.46. The molecule has 0 bridgehead atoms. The molecular formula is C11H7NO5S. The van der Waals surface area contributed by atoms with E-state index in [1.54, 1.807) is 5.38 Å². The minimum Gasteiger partial charge on any atom is -0.477 e. The van der Waals surface area contributed by atoms with E-state index in [1.807, 2.05) is 0 Å². The van der Waals surface area contributed by atoms with Crippen LogP contribution >= 0.6 is 11.3 Å². The van der Waals surface area contributed by atoms with Crippen molar-refractivity contribution in [3.05, 3.63) is 44.5 Å². The molecule has 0 fully saturated rings. The van der Waals surface area contributed by atoms with Crippen LogP contribution in [0.4, 0.5) is 0 Å². The molecule has 0 saturated carbocycles. The van der Waals surface area contributed by atoms with Gasteiger partial charge in [0.05, 0.1) is 0 Å². The van der Waals surface area contributed by atoms with Crippen molar-refractivity contribution in [1.82, 2.24) is 4.98 Å². The topological polar surface area (TPSA) is 107 Å². The van der Waals surface area contributed by atoms with E-state index >= 15 is 0 Å². The molecule has 7 heteroatoms. The average molecular weight is 265 g/mol. The average Bonchev–Trinajstić information content (AvgIpc) is 2.78. The van der Waals surface area contributed by atoms with Crippen molar-refractivity contribution < 1.29 is 19.8 Å². The highest BCUT2D eigenvalue weighted by Gasteiger charge is 2.12. The molecule has 0 radical (unpaired) electrons. The Morgan fingerprint density at radius 1 is 1.11 bits per heavy atom. The van der Waals surface area contributed by atoms with Crippen LogP contribution in [-0.4, -0.2) is 27.1 Å². The minimum atomic E-state index is -1.33. The third-order valence-corrected chi connectivity index (χ3v) is 3.20. The summed E-state index contributed by atoms with van der Waals surface area (Å²) < 4.78 is 0. The number of nitrogens with one attached hydrogen (secondary N) is 1. The largest absolute Gasteiger partial charge is 0.477 e. The van der Waals surface area contributed by atoms with Gasteiger partial charge in [0.2, 0.25) is 0 Å². The third kappa shape index (κ3) is 2.16. The lowest BCUT2D eigenvalue weighted by molar-refractivity contribution is 0.0687. The van der Waals surface area contributed by atoms with E-state index in [-0.39, 0.29) is 10.4 Å². The Labute approximate surface area is 104 Å². The quantitative estimate of drug-likeness (QED) is 0.779. The second-order valence-electron chi connectivity index (χ2n) is 3.44. The van der Waals surface area contributed by atoms with E-state index < -0.39 is 17.5 Å². The molecule has 0 aliphatic heterocycles. The number of H-pyrrole nitrogens is 1. The zero-order valence-electron chi connectivity index (χ0n) is 8.84. The number of thiophene rings is 1. The van der Waals surface area contributed by atoms with E-state index in [0.29, 0.717) is 11.1 Å². The third-order valence-electron chi connectivity index (χ3n) is 2.28. The van der Waals surface area contributed by atoms with Crippen LogP contribution in [0.1, 0.15) is 20.0 Å². The van der Waals surface area contributed by atoms with Gasteiger partial charge in [0.25, 0.3) is 5.56 Å². The lowest BCUT2D eigenvalue weighted by Crippen LogP contribution is -2.16. The summed E-state index contributed by atoms with van der Waals surface area (Å²) in [5.74, 6) is -2.37. The number of rotatable bonds is 3. The Balaban J connectivity index is 2.50. The summed E-state index contributed by atoms with van der Waals surface area (Å²) in [5.41, 5.74) is -0.0672. The van der Waals surface area contributed by atoms with Gasteiger partial charge in [-0.1, -0.05) is 0 Å². The minimum absolute atomic E-state index is 0.146. The van der Waals surface area contributed by atoms with Crippen LogP contribution < -0.4 is 5.56 Å². The smallest absolute Gasteiger partial charge is 0.345 e. The molecular weight excluding hydrogens is 258 g/mol. The van der Waals surface area contributed by atoms with Crippen molar-refractivity contribution in [3.63, 3.8) is 0 Å². The fraction of sp³-hybridized carbons (Fsp3) is 0. The fourth-order valence-corrected chi connectivity index (χ4v) is 2.16. The predicted octanol–water partition coefficient (Wildman–Crippen LogP) is 1.50. The molecule has 2 rings (SSSR count). The lowest BCUT2D eigenvalue weighted by Gasteiger charge is -1.99. The summed E-state index contributed by atoms with van der Waals surface area (Å²) in [4.78, 5) is 35.2. The molecule has 0 aliphatic carbocycles. The van der Waals surface area contributed by atoms with Crippen LogP contribution in [0.2, 0.25) is 0 Å². The second-order valence-corrected chi connectivity index (χ2v) is 4.35. The Kier molecular flexibility index (Phi) is 2.99. The number of pyridine rings is 1. The van der Waals surface area contributed by atoms with Crippen LogP contribution in [0.3, 0.4) is 0 Å². The maximum absolute atomic E-state index is 11.2. The molecule has 0 unspecified atom stereocenters. The summed E-state index contributed by atoms with van der Waals surface area (Å²) in [5, 5.41) is 19.2. The van der Waals surface area contributed by atoms with Gasteiger partial charge in [-0.25, -0.2) is 9.59 Å². The fourth-order valence-electron chi connectivity index (χ4n) is 1.41. The van der Waals surface area contributed by atoms with Crippen LogP contribution in [0.5, 0.6) is 0 Å².